The van der Waals surface area contributed by atoms with Gasteiger partial charge >= 0.3 is 0 Å². The smallest absolute Gasteiger partial charge is 0.223 e. The van der Waals surface area contributed by atoms with Crippen molar-refractivity contribution in [2.75, 3.05) is 26.3 Å². The molecule has 11 heteroatoms. The maximum atomic E-state index is 13.8. The molecule has 8 nitrogen and oxygen atoms in total. The van der Waals surface area contributed by atoms with E-state index in [0.29, 0.717) is 16.5 Å². The first-order chi connectivity index (χ1) is 21.4. The minimum Gasteiger partial charge on any atom is -0.395 e. The average molecular weight is 759 g/mol. The molecule has 45 heavy (non-hydrogen) atoms. The molecule has 0 fully saturated rings. The number of rotatable bonds is 18. The topological polar surface area (TPSA) is 133 Å². The van der Waals surface area contributed by atoms with Crippen LogP contribution in [0.3, 0.4) is 0 Å². The zero-order valence-electron chi connectivity index (χ0n) is 26.6. The van der Waals surface area contributed by atoms with Crippen LogP contribution in [-0.2, 0) is 32.0 Å². The fourth-order valence-corrected chi connectivity index (χ4v) is 5.23. The van der Waals surface area contributed by atoms with E-state index >= 15 is 0 Å². The number of aliphatic hydroxyl groups excluding tert-OH is 2. The van der Waals surface area contributed by atoms with E-state index in [4.69, 9.17) is 10.2 Å². The number of carbonyl (C=O) groups excluding carboxylic acids is 4. The van der Waals surface area contributed by atoms with Crippen molar-refractivity contribution in [3.8, 4) is 0 Å². The molecule has 0 aliphatic rings. The number of halogens is 3. The molecule has 0 heterocycles. The van der Waals surface area contributed by atoms with Crippen LogP contribution < -0.4 is 10.6 Å². The molecule has 0 saturated carbocycles. The first kappa shape index (κ1) is 40.6. The zero-order valence-corrected chi connectivity index (χ0v) is 29.8. The summed E-state index contributed by atoms with van der Waals surface area (Å²) in [6, 6.07) is 12.2. The first-order valence-corrected chi connectivity index (χ1v) is 16.9. The van der Waals surface area contributed by atoms with E-state index < -0.39 is 11.7 Å². The van der Waals surface area contributed by atoms with Crippen LogP contribution in [-0.4, -0.2) is 59.9 Å². The third-order valence-corrected chi connectivity index (χ3v) is 8.79. The number of nitrogens with one attached hydrogen (secondary N) is 2. The molecule has 2 aromatic rings. The van der Waals surface area contributed by atoms with Crippen LogP contribution in [0.1, 0.15) is 64.5 Å². The van der Waals surface area contributed by atoms with E-state index in [2.05, 4.69) is 42.5 Å². The summed E-state index contributed by atoms with van der Waals surface area (Å²) in [5, 5.41) is 22.9. The number of hydrogen-bond donors (Lipinski definition) is 4. The highest BCUT2D eigenvalue weighted by Crippen LogP contribution is 2.23. The second-order valence-corrected chi connectivity index (χ2v) is 13.0. The van der Waals surface area contributed by atoms with Gasteiger partial charge in [-0.3, -0.25) is 19.2 Å². The summed E-state index contributed by atoms with van der Waals surface area (Å²) in [5.74, 6) is -1.55. The first-order valence-electron chi connectivity index (χ1n) is 15.3. The van der Waals surface area contributed by atoms with Gasteiger partial charge in [0.15, 0.2) is 0 Å². The lowest BCUT2D eigenvalue weighted by atomic mass is 9.85. The van der Waals surface area contributed by atoms with Crippen LogP contribution in [0.15, 0.2) is 51.4 Å². The molecule has 0 spiro atoms. The standard InChI is InChI=1S/C17H23BrFNO3.C17H24BrNO3/c1-3-11(2)15(17(23)20-6-7-21)10-14(22)8-12-4-5-13(18)9-16(12)19;1-3-12(2)16(17(22)19-8-9-20)11-15(21)10-13-4-6-14(18)7-5-13/h4-5,9,11,15,21H,3,6-8,10H2,1-2H3,(H,20,23);4-7,12,16,20H,3,8-11H2,1-2H3,(H,19,22)/t11-,15-;12-,16-/m00/s1. The zero-order chi connectivity index (χ0) is 33.9. The Bertz CT molecular complexity index is 1230. The molecule has 0 unspecified atom stereocenters. The van der Waals surface area contributed by atoms with Crippen LogP contribution in [0.4, 0.5) is 4.39 Å². The molecule has 0 aromatic heterocycles. The van der Waals surface area contributed by atoms with Crippen molar-refractivity contribution < 1.29 is 33.8 Å². The molecule has 0 radical (unpaired) electrons. The van der Waals surface area contributed by atoms with Gasteiger partial charge < -0.3 is 20.8 Å². The molecule has 4 atom stereocenters. The summed E-state index contributed by atoms with van der Waals surface area (Å²) in [6.07, 6.45) is 2.22. The fourth-order valence-electron chi connectivity index (χ4n) is 4.64. The van der Waals surface area contributed by atoms with Gasteiger partial charge in [0.25, 0.3) is 0 Å². The molecule has 0 aliphatic heterocycles. The minimum absolute atomic E-state index is 0.0284. The van der Waals surface area contributed by atoms with Crippen molar-refractivity contribution in [2.24, 2.45) is 23.7 Å². The summed E-state index contributed by atoms with van der Waals surface area (Å²) in [5.41, 5.74) is 1.28. The van der Waals surface area contributed by atoms with Gasteiger partial charge in [-0.1, -0.05) is 90.6 Å². The molecular formula is C34H47Br2FN2O6. The number of ketones is 2. The summed E-state index contributed by atoms with van der Waals surface area (Å²) in [4.78, 5) is 48.8. The SMILES string of the molecule is CC[C@H](C)[C@H](CC(=O)Cc1ccc(Br)cc1)C(=O)NCCO.CC[C@H](C)[C@H](CC(=O)Cc1ccc(Br)cc1F)C(=O)NCCO. The molecule has 2 aromatic carbocycles. The number of aliphatic hydroxyl groups is 2. The van der Waals surface area contributed by atoms with Crippen molar-refractivity contribution in [2.45, 2.75) is 66.2 Å². The maximum absolute atomic E-state index is 13.8. The van der Waals surface area contributed by atoms with Crippen LogP contribution >= 0.6 is 31.9 Å². The van der Waals surface area contributed by atoms with Gasteiger partial charge in [-0.05, 0) is 47.2 Å². The van der Waals surface area contributed by atoms with Gasteiger partial charge in [0.05, 0.1) is 13.2 Å². The van der Waals surface area contributed by atoms with E-state index in [0.717, 1.165) is 22.9 Å². The Hall–Kier alpha value is -2.47. The lowest BCUT2D eigenvalue weighted by Crippen LogP contribution is -2.37. The number of amides is 2. The van der Waals surface area contributed by atoms with E-state index in [1.54, 1.807) is 12.1 Å². The minimum atomic E-state index is -0.461. The van der Waals surface area contributed by atoms with Crippen molar-refractivity contribution in [3.63, 3.8) is 0 Å². The van der Waals surface area contributed by atoms with Gasteiger partial charge in [-0.2, -0.15) is 0 Å². The summed E-state index contributed by atoms with van der Waals surface area (Å²) >= 11 is 6.54. The lowest BCUT2D eigenvalue weighted by Gasteiger charge is -2.21. The highest BCUT2D eigenvalue weighted by molar-refractivity contribution is 9.10. The van der Waals surface area contributed by atoms with E-state index in [1.165, 1.54) is 6.07 Å². The molecular weight excluding hydrogens is 711 g/mol. The summed E-state index contributed by atoms with van der Waals surface area (Å²) < 4.78 is 15.4. The Morgan fingerprint density at radius 2 is 1.18 bits per heavy atom. The second-order valence-electron chi connectivity index (χ2n) is 11.2. The molecule has 0 aliphatic carbocycles. The highest BCUT2D eigenvalue weighted by atomic mass is 79.9. The largest absolute Gasteiger partial charge is 0.395 e. The highest BCUT2D eigenvalue weighted by Gasteiger charge is 2.27. The van der Waals surface area contributed by atoms with Gasteiger partial charge in [0.1, 0.15) is 17.4 Å². The van der Waals surface area contributed by atoms with Gasteiger partial charge in [-0.25, -0.2) is 4.39 Å². The molecule has 2 amide bonds. The molecule has 250 valence electrons. The summed E-state index contributed by atoms with van der Waals surface area (Å²) in [7, 11) is 0. The quantitative estimate of drug-likeness (QED) is 0.157. The van der Waals surface area contributed by atoms with Crippen LogP contribution in [0, 0.1) is 29.5 Å². The van der Waals surface area contributed by atoms with Crippen LogP contribution in [0.25, 0.3) is 0 Å². The Balaban J connectivity index is 0.000000450. The van der Waals surface area contributed by atoms with E-state index in [9.17, 15) is 23.6 Å². The Labute approximate surface area is 283 Å². The van der Waals surface area contributed by atoms with Crippen molar-refractivity contribution in [3.05, 3.63) is 68.4 Å². The average Bonchev–Trinajstić information content (AvgIpc) is 3.02. The van der Waals surface area contributed by atoms with E-state index in [-0.39, 0.29) is 86.7 Å². The van der Waals surface area contributed by atoms with Crippen LogP contribution in [0.5, 0.6) is 0 Å². The molecule has 2 rings (SSSR count). The number of benzene rings is 2. The van der Waals surface area contributed by atoms with Crippen LogP contribution in [0.2, 0.25) is 0 Å². The summed E-state index contributed by atoms with van der Waals surface area (Å²) in [6.45, 7) is 8.02. The normalized spacial score (nSPS) is 13.4. The second kappa shape index (κ2) is 22.1. The Morgan fingerprint density at radius 3 is 1.60 bits per heavy atom. The fraction of sp³-hybridized carbons (Fsp3) is 0.529. The number of carbonyl (C=O) groups is 4. The third-order valence-electron chi connectivity index (χ3n) is 7.77. The van der Waals surface area contributed by atoms with Gasteiger partial charge in [0, 0.05) is 59.6 Å². The molecule has 4 N–H and O–H groups in total. The van der Waals surface area contributed by atoms with Crippen molar-refractivity contribution in [1.29, 1.82) is 0 Å². The number of hydrogen-bond acceptors (Lipinski definition) is 6. The van der Waals surface area contributed by atoms with Gasteiger partial charge in [-0.15, -0.1) is 0 Å². The molecule has 0 saturated heterocycles. The lowest BCUT2D eigenvalue weighted by molar-refractivity contribution is -0.131. The predicted octanol–water partition coefficient (Wildman–Crippen LogP) is 5.58. The Morgan fingerprint density at radius 1 is 0.733 bits per heavy atom. The molecule has 0 bridgehead atoms. The van der Waals surface area contributed by atoms with E-state index in [1.807, 2.05) is 52.0 Å². The monoisotopic (exact) mass is 756 g/mol. The predicted molar refractivity (Wildman–Crippen MR) is 181 cm³/mol. The number of Topliss-reactive ketones (excluding diaryl/α,β-unsaturated/α-hetero) is 2. The van der Waals surface area contributed by atoms with Crippen molar-refractivity contribution in [1.82, 2.24) is 10.6 Å². The third kappa shape index (κ3) is 15.6. The Kier molecular flexibility index (Phi) is 19.9. The van der Waals surface area contributed by atoms with Gasteiger partial charge in [0.2, 0.25) is 11.8 Å². The maximum Gasteiger partial charge on any atom is 0.223 e. The van der Waals surface area contributed by atoms with Crippen molar-refractivity contribution >= 4 is 55.2 Å².